The van der Waals surface area contributed by atoms with Gasteiger partial charge >= 0.3 is 0 Å². The summed E-state index contributed by atoms with van der Waals surface area (Å²) in [5.74, 6) is 1.95. The monoisotopic (exact) mass is 298 g/mol. The predicted molar refractivity (Wildman–Crippen MR) is 94.1 cm³/mol. The third-order valence-corrected chi connectivity index (χ3v) is 3.45. The second-order valence-corrected chi connectivity index (χ2v) is 6.34. The first-order valence-electron chi connectivity index (χ1n) is 7.85. The van der Waals surface area contributed by atoms with Crippen molar-refractivity contribution in [2.24, 2.45) is 0 Å². The number of nitrogens with zero attached hydrogens (tertiary/aromatic N) is 2. The Morgan fingerprint density at radius 3 is 2.36 bits per heavy atom. The van der Waals surface area contributed by atoms with Crippen molar-refractivity contribution in [3.05, 3.63) is 41.1 Å². The molecular weight excluding hydrogens is 272 g/mol. The molecule has 2 N–H and O–H groups in total. The van der Waals surface area contributed by atoms with E-state index in [1.165, 1.54) is 11.1 Å². The standard InChI is InChI=1S/C18H26N4/c1-11(2)15-9-7-8-13(5)17(15)21-16-10-14(6)20-18(22-16)19-12(3)4/h7-12H,1-6H3,(H2,19,20,21,22). The van der Waals surface area contributed by atoms with Crippen molar-refractivity contribution in [3.8, 4) is 0 Å². The van der Waals surface area contributed by atoms with Gasteiger partial charge < -0.3 is 10.6 Å². The summed E-state index contributed by atoms with van der Waals surface area (Å²) in [6, 6.07) is 8.67. The largest absolute Gasteiger partial charge is 0.352 e. The molecule has 4 heteroatoms. The molecule has 0 atom stereocenters. The van der Waals surface area contributed by atoms with E-state index in [1.54, 1.807) is 0 Å². The molecule has 0 aliphatic carbocycles. The molecule has 0 aliphatic rings. The van der Waals surface area contributed by atoms with Crippen molar-refractivity contribution < 1.29 is 0 Å². The van der Waals surface area contributed by atoms with E-state index in [-0.39, 0.29) is 0 Å². The average Bonchev–Trinajstić information content (AvgIpc) is 2.39. The third-order valence-electron chi connectivity index (χ3n) is 3.45. The van der Waals surface area contributed by atoms with Gasteiger partial charge in [-0.15, -0.1) is 0 Å². The van der Waals surface area contributed by atoms with Crippen LogP contribution in [0, 0.1) is 13.8 Å². The van der Waals surface area contributed by atoms with Crippen molar-refractivity contribution in [3.63, 3.8) is 0 Å². The maximum atomic E-state index is 4.58. The molecular formula is C18H26N4. The van der Waals surface area contributed by atoms with Crippen molar-refractivity contribution in [2.45, 2.75) is 53.5 Å². The first kappa shape index (κ1) is 16.3. The summed E-state index contributed by atoms with van der Waals surface area (Å²) < 4.78 is 0. The lowest BCUT2D eigenvalue weighted by Gasteiger charge is -2.18. The fourth-order valence-electron chi connectivity index (χ4n) is 2.43. The molecule has 118 valence electrons. The van der Waals surface area contributed by atoms with Crippen LogP contribution in [0.15, 0.2) is 24.3 Å². The Balaban J connectivity index is 2.37. The summed E-state index contributed by atoms with van der Waals surface area (Å²) in [4.78, 5) is 9.01. The van der Waals surface area contributed by atoms with Crippen molar-refractivity contribution >= 4 is 17.5 Å². The summed E-state index contributed by atoms with van der Waals surface area (Å²) in [5, 5.41) is 6.75. The number of aromatic nitrogens is 2. The number of aryl methyl sites for hydroxylation is 2. The quantitative estimate of drug-likeness (QED) is 0.834. The average molecular weight is 298 g/mol. The lowest BCUT2D eigenvalue weighted by Crippen LogP contribution is -2.13. The molecule has 22 heavy (non-hydrogen) atoms. The number of anilines is 3. The molecule has 0 saturated heterocycles. The van der Waals surface area contributed by atoms with Crippen LogP contribution in [0.4, 0.5) is 17.5 Å². The summed E-state index contributed by atoms with van der Waals surface area (Å²) in [5.41, 5.74) is 4.61. The molecule has 0 radical (unpaired) electrons. The Morgan fingerprint density at radius 2 is 1.73 bits per heavy atom. The van der Waals surface area contributed by atoms with Gasteiger partial charge in [0.15, 0.2) is 0 Å². The minimum absolute atomic E-state index is 0.305. The highest BCUT2D eigenvalue weighted by atomic mass is 15.2. The highest BCUT2D eigenvalue weighted by Gasteiger charge is 2.11. The first-order valence-corrected chi connectivity index (χ1v) is 7.85. The van der Waals surface area contributed by atoms with Gasteiger partial charge in [-0.25, -0.2) is 4.98 Å². The van der Waals surface area contributed by atoms with Gasteiger partial charge in [-0.05, 0) is 44.7 Å². The maximum absolute atomic E-state index is 4.58. The van der Waals surface area contributed by atoms with E-state index in [1.807, 2.05) is 13.0 Å². The van der Waals surface area contributed by atoms with E-state index in [0.717, 1.165) is 17.2 Å². The van der Waals surface area contributed by atoms with Crippen LogP contribution in [-0.4, -0.2) is 16.0 Å². The Hall–Kier alpha value is -2.10. The third kappa shape index (κ3) is 3.97. The molecule has 1 aromatic carbocycles. The van der Waals surface area contributed by atoms with Crippen molar-refractivity contribution in [2.75, 3.05) is 10.6 Å². The zero-order valence-corrected chi connectivity index (χ0v) is 14.4. The molecule has 0 saturated carbocycles. The Kier molecular flexibility index (Phi) is 5.01. The normalized spacial score (nSPS) is 11.1. The van der Waals surface area contributed by atoms with Crippen LogP contribution in [0.3, 0.4) is 0 Å². The number of hydrogen-bond donors (Lipinski definition) is 2. The van der Waals surface area contributed by atoms with Gasteiger partial charge in [-0.2, -0.15) is 4.98 Å². The van der Waals surface area contributed by atoms with E-state index in [2.05, 4.69) is 73.4 Å². The predicted octanol–water partition coefficient (Wildman–Crippen LogP) is 4.78. The summed E-state index contributed by atoms with van der Waals surface area (Å²) in [7, 11) is 0. The molecule has 2 aromatic rings. The second kappa shape index (κ2) is 6.77. The van der Waals surface area contributed by atoms with E-state index in [9.17, 15) is 0 Å². The lowest BCUT2D eigenvalue weighted by molar-refractivity contribution is 0.865. The molecule has 1 aromatic heterocycles. The number of benzene rings is 1. The Labute approximate surface area is 133 Å². The summed E-state index contributed by atoms with van der Waals surface area (Å²) in [6.45, 7) is 12.7. The van der Waals surface area contributed by atoms with Crippen LogP contribution in [0.2, 0.25) is 0 Å². The zero-order chi connectivity index (χ0) is 16.3. The molecule has 1 heterocycles. The molecule has 0 aliphatic heterocycles. The number of rotatable bonds is 5. The highest BCUT2D eigenvalue weighted by molar-refractivity contribution is 5.66. The second-order valence-electron chi connectivity index (χ2n) is 6.34. The van der Waals surface area contributed by atoms with E-state index >= 15 is 0 Å². The number of hydrogen-bond acceptors (Lipinski definition) is 4. The summed E-state index contributed by atoms with van der Waals surface area (Å²) in [6.07, 6.45) is 0. The fraction of sp³-hybridized carbons (Fsp3) is 0.444. The summed E-state index contributed by atoms with van der Waals surface area (Å²) >= 11 is 0. The van der Waals surface area contributed by atoms with Gasteiger partial charge in [0.2, 0.25) is 5.95 Å². The Bertz CT molecular complexity index is 648. The number of para-hydroxylation sites is 1. The molecule has 4 nitrogen and oxygen atoms in total. The zero-order valence-electron chi connectivity index (χ0n) is 14.4. The molecule has 0 unspecified atom stereocenters. The minimum atomic E-state index is 0.305. The van der Waals surface area contributed by atoms with Crippen LogP contribution >= 0.6 is 0 Å². The molecule has 2 rings (SSSR count). The van der Waals surface area contributed by atoms with Crippen molar-refractivity contribution in [1.29, 1.82) is 0 Å². The molecule has 0 fully saturated rings. The van der Waals surface area contributed by atoms with Gasteiger partial charge in [0.05, 0.1) is 0 Å². The van der Waals surface area contributed by atoms with E-state index in [4.69, 9.17) is 0 Å². The van der Waals surface area contributed by atoms with Crippen LogP contribution in [0.1, 0.15) is 50.4 Å². The SMILES string of the molecule is Cc1cc(Nc2c(C)cccc2C(C)C)nc(NC(C)C)n1. The smallest absolute Gasteiger partial charge is 0.225 e. The molecule has 0 spiro atoms. The Morgan fingerprint density at radius 1 is 1.00 bits per heavy atom. The van der Waals surface area contributed by atoms with Gasteiger partial charge in [0.1, 0.15) is 5.82 Å². The van der Waals surface area contributed by atoms with Crippen LogP contribution in [-0.2, 0) is 0 Å². The van der Waals surface area contributed by atoms with E-state index in [0.29, 0.717) is 17.9 Å². The minimum Gasteiger partial charge on any atom is -0.352 e. The van der Waals surface area contributed by atoms with Crippen LogP contribution in [0.25, 0.3) is 0 Å². The van der Waals surface area contributed by atoms with Gasteiger partial charge in [0.25, 0.3) is 0 Å². The lowest BCUT2D eigenvalue weighted by atomic mass is 9.98. The highest BCUT2D eigenvalue weighted by Crippen LogP contribution is 2.30. The first-order chi connectivity index (χ1) is 10.4. The number of nitrogens with one attached hydrogen (secondary N) is 2. The fourth-order valence-corrected chi connectivity index (χ4v) is 2.43. The van der Waals surface area contributed by atoms with E-state index < -0.39 is 0 Å². The van der Waals surface area contributed by atoms with Crippen LogP contribution < -0.4 is 10.6 Å². The van der Waals surface area contributed by atoms with Gasteiger partial charge in [-0.3, -0.25) is 0 Å². The molecule has 0 bridgehead atoms. The topological polar surface area (TPSA) is 49.8 Å². The maximum Gasteiger partial charge on any atom is 0.225 e. The molecule has 0 amide bonds. The van der Waals surface area contributed by atoms with Gasteiger partial charge in [0, 0.05) is 23.5 Å². The van der Waals surface area contributed by atoms with Crippen molar-refractivity contribution in [1.82, 2.24) is 9.97 Å². The van der Waals surface area contributed by atoms with Crippen LogP contribution in [0.5, 0.6) is 0 Å². The van der Waals surface area contributed by atoms with Gasteiger partial charge in [-0.1, -0.05) is 32.0 Å².